The summed E-state index contributed by atoms with van der Waals surface area (Å²) in [6, 6.07) is 0. The molecule has 1 aliphatic rings. The van der Waals surface area contributed by atoms with Gasteiger partial charge in [-0.15, -0.1) is 0 Å². The fourth-order valence-electron chi connectivity index (χ4n) is 1.32. The Morgan fingerprint density at radius 1 is 1.69 bits per heavy atom. The molecule has 1 atom stereocenters. The van der Waals surface area contributed by atoms with Gasteiger partial charge in [0.25, 0.3) is 0 Å². The van der Waals surface area contributed by atoms with Gasteiger partial charge in [-0.3, -0.25) is 0 Å². The van der Waals surface area contributed by atoms with Gasteiger partial charge in [0.1, 0.15) is 0 Å². The molecule has 0 spiro atoms. The fourth-order valence-corrected chi connectivity index (χ4v) is 1.32. The molecular weight excluding hydrogens is 166 g/mol. The van der Waals surface area contributed by atoms with E-state index in [1.165, 1.54) is 0 Å². The van der Waals surface area contributed by atoms with Crippen molar-refractivity contribution in [2.24, 2.45) is 5.92 Å². The summed E-state index contributed by atoms with van der Waals surface area (Å²) >= 11 is 0. The van der Waals surface area contributed by atoms with Crippen molar-refractivity contribution in [1.29, 1.82) is 0 Å². The molecule has 1 saturated heterocycles. The number of nitrogens with one attached hydrogen (secondary N) is 1. The van der Waals surface area contributed by atoms with Crippen molar-refractivity contribution in [3.8, 4) is 11.8 Å². The van der Waals surface area contributed by atoms with E-state index in [2.05, 4.69) is 21.9 Å². The Labute approximate surface area is 78.8 Å². The predicted octanol–water partition coefficient (Wildman–Crippen LogP) is 0.552. The smallest absolute Gasteiger partial charge is 0.384 e. The van der Waals surface area contributed by atoms with Crippen LogP contribution in [0.5, 0.6) is 0 Å². The molecule has 0 aromatic heterocycles. The van der Waals surface area contributed by atoms with Crippen LogP contribution in [0.1, 0.15) is 19.8 Å². The van der Waals surface area contributed by atoms with Crippen LogP contribution in [0.3, 0.4) is 0 Å². The lowest BCUT2D eigenvalue weighted by Crippen LogP contribution is -2.08. The van der Waals surface area contributed by atoms with Crippen LogP contribution >= 0.6 is 0 Å². The van der Waals surface area contributed by atoms with E-state index < -0.39 is 5.97 Å². The highest BCUT2D eigenvalue weighted by molar-refractivity contribution is 5.88. The summed E-state index contributed by atoms with van der Waals surface area (Å²) in [7, 11) is 0. The van der Waals surface area contributed by atoms with Crippen LogP contribution in [0.25, 0.3) is 0 Å². The van der Waals surface area contributed by atoms with Crippen molar-refractivity contribution in [3.05, 3.63) is 0 Å². The fraction of sp³-hybridized carbons (Fsp3) is 0.700. The topological polar surface area (TPSA) is 38.3 Å². The molecule has 1 rings (SSSR count). The molecule has 1 N–H and O–H groups in total. The second-order valence-electron chi connectivity index (χ2n) is 3.09. The van der Waals surface area contributed by atoms with Crippen molar-refractivity contribution in [3.63, 3.8) is 0 Å². The van der Waals surface area contributed by atoms with E-state index in [-0.39, 0.29) is 0 Å². The molecule has 0 aromatic carbocycles. The number of carbonyl (C=O) groups is 1. The third-order valence-electron chi connectivity index (χ3n) is 2.02. The minimum Gasteiger partial charge on any atom is -0.456 e. The maximum Gasteiger partial charge on any atom is 0.384 e. The Bertz CT molecular complexity index is 221. The molecule has 0 aliphatic carbocycles. The van der Waals surface area contributed by atoms with Gasteiger partial charge < -0.3 is 10.1 Å². The molecule has 72 valence electrons. The summed E-state index contributed by atoms with van der Waals surface area (Å²) in [5, 5.41) is 3.25. The van der Waals surface area contributed by atoms with Crippen molar-refractivity contribution in [2.75, 3.05) is 19.7 Å². The first-order chi connectivity index (χ1) is 6.33. The van der Waals surface area contributed by atoms with Gasteiger partial charge in [0.15, 0.2) is 0 Å². The molecule has 3 nitrogen and oxygen atoms in total. The van der Waals surface area contributed by atoms with Crippen LogP contribution in [0.2, 0.25) is 0 Å². The van der Waals surface area contributed by atoms with E-state index in [0.29, 0.717) is 12.5 Å². The first-order valence-corrected chi connectivity index (χ1v) is 4.69. The van der Waals surface area contributed by atoms with E-state index in [9.17, 15) is 4.79 Å². The average molecular weight is 181 g/mol. The average Bonchev–Trinajstić information content (AvgIpc) is 2.57. The molecule has 1 heterocycles. The van der Waals surface area contributed by atoms with Gasteiger partial charge in [-0.2, -0.15) is 0 Å². The number of hydrogen-bond acceptors (Lipinski definition) is 3. The standard InChI is InChI=1S/C10H15NO2/c1-2-13-10(12)5-3-4-9-6-7-11-8-9/h9,11H,2,4,6-8H2,1H3. The number of ether oxygens (including phenoxy) is 1. The Balaban J connectivity index is 2.18. The maximum absolute atomic E-state index is 10.8. The van der Waals surface area contributed by atoms with Crippen molar-refractivity contribution >= 4 is 5.97 Å². The number of rotatable bonds is 2. The van der Waals surface area contributed by atoms with Crippen LogP contribution in [0.15, 0.2) is 0 Å². The molecule has 0 amide bonds. The van der Waals surface area contributed by atoms with E-state index in [0.717, 1.165) is 25.9 Å². The number of hydrogen-bond donors (Lipinski definition) is 1. The Morgan fingerprint density at radius 3 is 3.15 bits per heavy atom. The molecule has 0 saturated carbocycles. The van der Waals surface area contributed by atoms with Gasteiger partial charge in [-0.05, 0) is 32.4 Å². The highest BCUT2D eigenvalue weighted by Crippen LogP contribution is 2.10. The van der Waals surface area contributed by atoms with Gasteiger partial charge in [-0.1, -0.05) is 5.92 Å². The van der Waals surface area contributed by atoms with Crippen LogP contribution in [0, 0.1) is 17.8 Å². The first kappa shape index (κ1) is 10.1. The molecule has 13 heavy (non-hydrogen) atoms. The SMILES string of the molecule is CCOC(=O)C#CCC1CCNC1. The number of esters is 1. The molecule has 1 fully saturated rings. The summed E-state index contributed by atoms with van der Waals surface area (Å²) in [5.41, 5.74) is 0. The molecule has 1 aliphatic heterocycles. The van der Waals surface area contributed by atoms with E-state index in [1.54, 1.807) is 6.92 Å². The second-order valence-corrected chi connectivity index (χ2v) is 3.09. The lowest BCUT2D eigenvalue weighted by atomic mass is 10.1. The minimum atomic E-state index is -0.409. The van der Waals surface area contributed by atoms with Crippen LogP contribution in [-0.4, -0.2) is 25.7 Å². The Kier molecular flexibility index (Phi) is 4.34. The summed E-state index contributed by atoms with van der Waals surface area (Å²) in [6.07, 6.45) is 1.96. The zero-order valence-electron chi connectivity index (χ0n) is 7.93. The van der Waals surface area contributed by atoms with Gasteiger partial charge in [0.2, 0.25) is 0 Å². The van der Waals surface area contributed by atoms with Crippen LogP contribution in [0.4, 0.5) is 0 Å². The van der Waals surface area contributed by atoms with Gasteiger partial charge in [-0.25, -0.2) is 4.79 Å². The summed E-state index contributed by atoms with van der Waals surface area (Å²) < 4.78 is 4.68. The van der Waals surface area contributed by atoms with Gasteiger partial charge in [0, 0.05) is 12.3 Å². The second kappa shape index (κ2) is 5.60. The molecule has 0 radical (unpaired) electrons. The third kappa shape index (κ3) is 3.95. The zero-order valence-corrected chi connectivity index (χ0v) is 7.93. The van der Waals surface area contributed by atoms with Gasteiger partial charge >= 0.3 is 5.97 Å². The molecule has 1 unspecified atom stereocenters. The van der Waals surface area contributed by atoms with Crippen molar-refractivity contribution in [1.82, 2.24) is 5.32 Å². The number of carbonyl (C=O) groups excluding carboxylic acids is 1. The van der Waals surface area contributed by atoms with Crippen molar-refractivity contribution < 1.29 is 9.53 Å². The van der Waals surface area contributed by atoms with E-state index in [4.69, 9.17) is 0 Å². The normalized spacial score (nSPS) is 20.5. The van der Waals surface area contributed by atoms with E-state index in [1.807, 2.05) is 0 Å². The Hall–Kier alpha value is -1.01. The first-order valence-electron chi connectivity index (χ1n) is 4.69. The maximum atomic E-state index is 10.8. The molecule has 3 heteroatoms. The molecule has 0 aromatic rings. The van der Waals surface area contributed by atoms with Crippen LogP contribution in [-0.2, 0) is 9.53 Å². The minimum absolute atomic E-state index is 0.401. The monoisotopic (exact) mass is 181 g/mol. The quantitative estimate of drug-likeness (QED) is 0.384. The highest BCUT2D eigenvalue weighted by Gasteiger charge is 2.12. The van der Waals surface area contributed by atoms with Crippen molar-refractivity contribution in [2.45, 2.75) is 19.8 Å². The third-order valence-corrected chi connectivity index (χ3v) is 2.02. The summed E-state index contributed by atoms with van der Waals surface area (Å²) in [5.74, 6) is 5.52. The summed E-state index contributed by atoms with van der Waals surface area (Å²) in [4.78, 5) is 10.8. The largest absolute Gasteiger partial charge is 0.456 e. The molecular formula is C10H15NO2. The predicted molar refractivity (Wildman–Crippen MR) is 50.0 cm³/mol. The lowest BCUT2D eigenvalue weighted by Gasteiger charge is -1.99. The zero-order chi connectivity index (χ0) is 9.52. The Morgan fingerprint density at radius 2 is 2.54 bits per heavy atom. The van der Waals surface area contributed by atoms with E-state index >= 15 is 0 Å². The van der Waals surface area contributed by atoms with Crippen LogP contribution < -0.4 is 5.32 Å². The molecule has 0 bridgehead atoms. The lowest BCUT2D eigenvalue weighted by molar-refractivity contribution is -0.136. The summed E-state index contributed by atoms with van der Waals surface area (Å²) in [6.45, 7) is 4.28. The highest BCUT2D eigenvalue weighted by atomic mass is 16.5. The van der Waals surface area contributed by atoms with Gasteiger partial charge in [0.05, 0.1) is 6.61 Å².